The van der Waals surface area contributed by atoms with Gasteiger partial charge in [-0.2, -0.15) is 0 Å². The van der Waals surface area contributed by atoms with Crippen molar-refractivity contribution in [2.24, 2.45) is 5.73 Å². The van der Waals surface area contributed by atoms with Crippen LogP contribution < -0.4 is 16.4 Å². The molecule has 0 fully saturated rings. The van der Waals surface area contributed by atoms with Crippen LogP contribution in [0.1, 0.15) is 0 Å². The van der Waals surface area contributed by atoms with E-state index in [9.17, 15) is 14.0 Å². The zero-order valence-electron chi connectivity index (χ0n) is 8.81. The Kier molecular flexibility index (Phi) is 4.41. The van der Waals surface area contributed by atoms with Crippen molar-refractivity contribution in [3.63, 3.8) is 0 Å². The highest BCUT2D eigenvalue weighted by Gasteiger charge is 2.17. The van der Waals surface area contributed by atoms with E-state index in [1.54, 1.807) is 0 Å². The summed E-state index contributed by atoms with van der Waals surface area (Å²) < 4.78 is 12.6. The lowest BCUT2D eigenvalue weighted by Crippen LogP contribution is -2.47. The molecule has 0 heterocycles. The number of aliphatic carboxylic acids is 1. The van der Waals surface area contributed by atoms with Crippen LogP contribution in [0.5, 0.6) is 0 Å². The molecule has 1 rings (SSSR count). The van der Waals surface area contributed by atoms with Crippen LogP contribution in [-0.4, -0.2) is 29.7 Å². The number of carboxylic acids is 1. The fourth-order valence-electron chi connectivity index (χ4n) is 1.08. The topological polar surface area (TPSA) is 104 Å². The number of hydrogen-bond acceptors (Lipinski definition) is 3. The minimum absolute atomic E-state index is 0.216. The van der Waals surface area contributed by atoms with E-state index in [4.69, 9.17) is 10.8 Å². The number of anilines is 1. The van der Waals surface area contributed by atoms with E-state index in [1.807, 2.05) is 0 Å². The summed E-state index contributed by atoms with van der Waals surface area (Å²) in [7, 11) is 0. The van der Waals surface area contributed by atoms with Crippen LogP contribution in [0.4, 0.5) is 14.9 Å². The lowest BCUT2D eigenvalue weighted by molar-refractivity contribution is -0.138. The normalized spacial score (nSPS) is 11.6. The number of urea groups is 1. The van der Waals surface area contributed by atoms with Gasteiger partial charge in [0, 0.05) is 12.2 Å². The molecule has 0 spiro atoms. The third-order valence-electron chi connectivity index (χ3n) is 1.94. The van der Waals surface area contributed by atoms with Crippen molar-refractivity contribution in [3.05, 3.63) is 30.1 Å². The van der Waals surface area contributed by atoms with Gasteiger partial charge >= 0.3 is 12.0 Å². The predicted molar refractivity (Wildman–Crippen MR) is 59.0 cm³/mol. The SMILES string of the molecule is NCC(NC(=O)Nc1ccc(F)cc1)C(=O)O. The molecular formula is C10H12FN3O3. The van der Waals surface area contributed by atoms with Gasteiger partial charge in [0.2, 0.25) is 0 Å². The van der Waals surface area contributed by atoms with Gasteiger partial charge in [0.05, 0.1) is 0 Å². The summed E-state index contributed by atoms with van der Waals surface area (Å²) in [4.78, 5) is 21.9. The van der Waals surface area contributed by atoms with Crippen molar-refractivity contribution >= 4 is 17.7 Å². The number of nitrogens with one attached hydrogen (secondary N) is 2. The molecule has 1 unspecified atom stereocenters. The third-order valence-corrected chi connectivity index (χ3v) is 1.94. The Morgan fingerprint density at radius 3 is 2.41 bits per heavy atom. The first kappa shape index (κ1) is 12.9. The maximum atomic E-state index is 12.6. The van der Waals surface area contributed by atoms with Crippen LogP contribution in [0.15, 0.2) is 24.3 Å². The third kappa shape index (κ3) is 4.07. The second-order valence-corrected chi connectivity index (χ2v) is 3.23. The van der Waals surface area contributed by atoms with Crippen LogP contribution in [-0.2, 0) is 4.79 Å². The molecule has 0 aromatic heterocycles. The van der Waals surface area contributed by atoms with Crippen LogP contribution >= 0.6 is 0 Å². The van der Waals surface area contributed by atoms with E-state index in [1.165, 1.54) is 24.3 Å². The maximum absolute atomic E-state index is 12.6. The van der Waals surface area contributed by atoms with Crippen molar-refractivity contribution in [1.29, 1.82) is 0 Å². The Morgan fingerprint density at radius 2 is 1.94 bits per heavy atom. The summed E-state index contributed by atoms with van der Waals surface area (Å²) >= 11 is 0. The van der Waals surface area contributed by atoms with Crippen molar-refractivity contribution in [3.8, 4) is 0 Å². The van der Waals surface area contributed by atoms with Crippen LogP contribution in [0.25, 0.3) is 0 Å². The minimum Gasteiger partial charge on any atom is -0.480 e. The number of carbonyl (C=O) groups excluding carboxylic acids is 1. The molecular weight excluding hydrogens is 229 g/mol. The van der Waals surface area contributed by atoms with Gasteiger partial charge in [-0.05, 0) is 24.3 Å². The van der Waals surface area contributed by atoms with Gasteiger partial charge in [-0.1, -0.05) is 0 Å². The lowest BCUT2D eigenvalue weighted by atomic mass is 10.3. The summed E-state index contributed by atoms with van der Waals surface area (Å²) in [6.45, 7) is -0.216. The summed E-state index contributed by atoms with van der Waals surface area (Å²) in [5.74, 6) is -1.65. The first-order valence-electron chi connectivity index (χ1n) is 4.79. The molecule has 7 heteroatoms. The van der Waals surface area contributed by atoms with Gasteiger partial charge in [-0.3, -0.25) is 0 Å². The number of carboxylic acid groups (broad SMARTS) is 1. The molecule has 17 heavy (non-hydrogen) atoms. The molecule has 1 aromatic carbocycles. The summed E-state index contributed by atoms with van der Waals surface area (Å²) in [5, 5.41) is 13.2. The molecule has 5 N–H and O–H groups in total. The number of nitrogens with two attached hydrogens (primary N) is 1. The number of amides is 2. The molecule has 0 aliphatic carbocycles. The molecule has 0 saturated heterocycles. The second kappa shape index (κ2) is 5.80. The summed E-state index contributed by atoms with van der Waals surface area (Å²) in [6, 6.07) is 3.19. The molecule has 0 saturated carbocycles. The maximum Gasteiger partial charge on any atom is 0.327 e. The van der Waals surface area contributed by atoms with Crippen LogP contribution in [0, 0.1) is 5.82 Å². The van der Waals surface area contributed by atoms with Gasteiger partial charge in [0.1, 0.15) is 11.9 Å². The largest absolute Gasteiger partial charge is 0.480 e. The number of benzene rings is 1. The van der Waals surface area contributed by atoms with E-state index < -0.39 is 23.9 Å². The Morgan fingerprint density at radius 1 is 1.35 bits per heavy atom. The van der Waals surface area contributed by atoms with Gasteiger partial charge in [-0.15, -0.1) is 0 Å². The highest BCUT2D eigenvalue weighted by Crippen LogP contribution is 2.07. The summed E-state index contributed by atoms with van der Waals surface area (Å²) in [6.07, 6.45) is 0. The fourth-order valence-corrected chi connectivity index (χ4v) is 1.08. The minimum atomic E-state index is -1.22. The zero-order chi connectivity index (χ0) is 12.8. The molecule has 0 radical (unpaired) electrons. The quantitative estimate of drug-likeness (QED) is 0.610. The molecule has 6 nitrogen and oxygen atoms in total. The standard InChI is InChI=1S/C10H12FN3O3/c11-6-1-3-7(4-2-6)13-10(17)14-8(5-12)9(15)16/h1-4,8H,5,12H2,(H,15,16)(H2,13,14,17). The van der Waals surface area contributed by atoms with Gasteiger partial charge in [0.15, 0.2) is 0 Å². The Hall–Kier alpha value is -2.15. The smallest absolute Gasteiger partial charge is 0.327 e. The number of rotatable bonds is 4. The van der Waals surface area contributed by atoms with Crippen LogP contribution in [0.3, 0.4) is 0 Å². The van der Waals surface area contributed by atoms with Gasteiger partial charge in [0.25, 0.3) is 0 Å². The monoisotopic (exact) mass is 241 g/mol. The highest BCUT2D eigenvalue weighted by atomic mass is 19.1. The predicted octanol–water partition coefficient (Wildman–Crippen LogP) is 0.359. The molecule has 1 atom stereocenters. The highest BCUT2D eigenvalue weighted by molar-refractivity contribution is 5.92. The van der Waals surface area contributed by atoms with E-state index >= 15 is 0 Å². The van der Waals surface area contributed by atoms with E-state index in [2.05, 4.69) is 10.6 Å². The molecule has 1 aromatic rings. The Labute approximate surface area is 96.6 Å². The van der Waals surface area contributed by atoms with Gasteiger partial charge in [-0.25, -0.2) is 14.0 Å². The molecule has 0 aliphatic heterocycles. The molecule has 0 bridgehead atoms. The number of hydrogen-bond donors (Lipinski definition) is 4. The number of halogens is 1. The Bertz CT molecular complexity index is 408. The van der Waals surface area contributed by atoms with Crippen molar-refractivity contribution < 1.29 is 19.1 Å². The number of carbonyl (C=O) groups is 2. The van der Waals surface area contributed by atoms with E-state index in [0.717, 1.165) is 0 Å². The molecule has 92 valence electrons. The van der Waals surface area contributed by atoms with E-state index in [0.29, 0.717) is 5.69 Å². The van der Waals surface area contributed by atoms with Crippen molar-refractivity contribution in [2.45, 2.75) is 6.04 Å². The Balaban J connectivity index is 2.54. The molecule has 0 aliphatic rings. The molecule has 2 amide bonds. The lowest BCUT2D eigenvalue weighted by Gasteiger charge is -2.12. The average Bonchev–Trinajstić information content (AvgIpc) is 2.28. The van der Waals surface area contributed by atoms with Crippen LogP contribution in [0.2, 0.25) is 0 Å². The second-order valence-electron chi connectivity index (χ2n) is 3.23. The van der Waals surface area contributed by atoms with Crippen molar-refractivity contribution in [1.82, 2.24) is 5.32 Å². The summed E-state index contributed by atoms with van der Waals surface area (Å²) in [5.41, 5.74) is 5.51. The fraction of sp³-hybridized carbons (Fsp3) is 0.200. The zero-order valence-corrected chi connectivity index (χ0v) is 8.81. The first-order valence-corrected chi connectivity index (χ1v) is 4.79. The van der Waals surface area contributed by atoms with Gasteiger partial charge < -0.3 is 21.5 Å². The van der Waals surface area contributed by atoms with E-state index in [-0.39, 0.29) is 6.54 Å². The van der Waals surface area contributed by atoms with Crippen molar-refractivity contribution in [2.75, 3.05) is 11.9 Å². The first-order chi connectivity index (χ1) is 8.02. The average molecular weight is 241 g/mol.